The Morgan fingerprint density at radius 1 is 1.03 bits per heavy atom. The van der Waals surface area contributed by atoms with Crippen LogP contribution in [0.15, 0.2) is 48.7 Å². The van der Waals surface area contributed by atoms with Crippen LogP contribution in [-0.4, -0.2) is 78.7 Å². The first-order valence-electron chi connectivity index (χ1n) is 12.3. The third-order valence-corrected chi connectivity index (χ3v) is 7.16. The molecule has 5 rings (SSSR count). The van der Waals surface area contributed by atoms with Crippen molar-refractivity contribution in [2.75, 3.05) is 53.4 Å². The van der Waals surface area contributed by atoms with Crippen LogP contribution in [0.2, 0.25) is 0 Å². The van der Waals surface area contributed by atoms with Gasteiger partial charge in [-0.05, 0) is 93.5 Å². The lowest BCUT2D eigenvalue weighted by atomic mass is 9.89. The maximum atomic E-state index is 13.6. The quantitative estimate of drug-likeness (QED) is 0.575. The number of rotatable bonds is 7. The van der Waals surface area contributed by atoms with Crippen LogP contribution in [0.1, 0.15) is 29.9 Å². The van der Waals surface area contributed by atoms with Crippen LogP contribution in [0.5, 0.6) is 0 Å². The van der Waals surface area contributed by atoms with Crippen molar-refractivity contribution < 1.29 is 9.18 Å². The van der Waals surface area contributed by atoms with Gasteiger partial charge in [-0.15, -0.1) is 0 Å². The SMILES string of the molecule is CN(C)Cc1ccc2c(c1)c(C1CCN(CCN3CCNC3=O)CC1)cn2-c1ccc(F)cc1. The monoisotopic (exact) mass is 463 g/mol. The Labute approximate surface area is 200 Å². The molecule has 6 nitrogen and oxygen atoms in total. The summed E-state index contributed by atoms with van der Waals surface area (Å²) >= 11 is 0. The summed E-state index contributed by atoms with van der Waals surface area (Å²) in [6.07, 6.45) is 4.48. The number of halogens is 1. The Morgan fingerprint density at radius 3 is 2.47 bits per heavy atom. The zero-order valence-corrected chi connectivity index (χ0v) is 20.1. The van der Waals surface area contributed by atoms with Crippen LogP contribution in [0.3, 0.4) is 0 Å². The second-order valence-corrected chi connectivity index (χ2v) is 9.86. The van der Waals surface area contributed by atoms with E-state index < -0.39 is 0 Å². The Morgan fingerprint density at radius 2 is 1.79 bits per heavy atom. The van der Waals surface area contributed by atoms with E-state index in [-0.39, 0.29) is 11.8 Å². The van der Waals surface area contributed by atoms with E-state index in [4.69, 9.17) is 0 Å². The fourth-order valence-corrected chi connectivity index (χ4v) is 5.36. The van der Waals surface area contributed by atoms with E-state index in [2.05, 4.69) is 58.2 Å². The van der Waals surface area contributed by atoms with Crippen LogP contribution in [0.4, 0.5) is 9.18 Å². The number of piperidine rings is 1. The molecule has 1 aromatic heterocycles. The van der Waals surface area contributed by atoms with Crippen LogP contribution in [0.25, 0.3) is 16.6 Å². The molecule has 2 aliphatic heterocycles. The highest BCUT2D eigenvalue weighted by atomic mass is 19.1. The molecule has 0 radical (unpaired) electrons. The summed E-state index contributed by atoms with van der Waals surface area (Å²) in [6, 6.07) is 13.6. The maximum Gasteiger partial charge on any atom is 0.317 e. The maximum absolute atomic E-state index is 13.6. The Bertz CT molecular complexity index is 1150. The smallest absolute Gasteiger partial charge is 0.317 e. The third-order valence-electron chi connectivity index (χ3n) is 7.16. The first kappa shape index (κ1) is 22.9. The zero-order chi connectivity index (χ0) is 23.7. The van der Waals surface area contributed by atoms with Crippen LogP contribution >= 0.6 is 0 Å². The normalized spacial score (nSPS) is 17.8. The molecule has 0 aliphatic carbocycles. The van der Waals surface area contributed by atoms with E-state index in [1.165, 1.54) is 34.2 Å². The number of benzene rings is 2. The van der Waals surface area contributed by atoms with Crippen LogP contribution < -0.4 is 5.32 Å². The topological polar surface area (TPSA) is 43.8 Å². The number of aromatic nitrogens is 1. The molecule has 2 saturated heterocycles. The van der Waals surface area contributed by atoms with Gasteiger partial charge in [0.25, 0.3) is 0 Å². The highest BCUT2D eigenvalue weighted by molar-refractivity contribution is 5.87. The van der Waals surface area contributed by atoms with Gasteiger partial charge < -0.3 is 24.6 Å². The number of amides is 2. The molecule has 0 saturated carbocycles. The fraction of sp³-hybridized carbons (Fsp3) is 0.444. The second-order valence-electron chi connectivity index (χ2n) is 9.86. The van der Waals surface area contributed by atoms with Crippen molar-refractivity contribution >= 4 is 16.9 Å². The summed E-state index contributed by atoms with van der Waals surface area (Å²) < 4.78 is 15.8. The van der Waals surface area contributed by atoms with Gasteiger partial charge >= 0.3 is 6.03 Å². The highest BCUT2D eigenvalue weighted by Crippen LogP contribution is 2.36. The van der Waals surface area contributed by atoms with E-state index in [0.717, 1.165) is 64.3 Å². The predicted molar refractivity (Wildman–Crippen MR) is 134 cm³/mol. The molecule has 0 spiro atoms. The van der Waals surface area contributed by atoms with Crippen molar-refractivity contribution in [3.8, 4) is 5.69 Å². The average molecular weight is 464 g/mol. The highest BCUT2D eigenvalue weighted by Gasteiger charge is 2.26. The molecular weight excluding hydrogens is 429 g/mol. The first-order valence-corrected chi connectivity index (χ1v) is 12.3. The number of carbonyl (C=O) groups excluding carboxylic acids is 1. The van der Waals surface area contributed by atoms with Crippen LogP contribution in [0, 0.1) is 5.82 Å². The minimum absolute atomic E-state index is 0.0667. The number of hydrogen-bond acceptors (Lipinski definition) is 3. The minimum atomic E-state index is -0.215. The van der Waals surface area contributed by atoms with E-state index in [1.54, 1.807) is 0 Å². The zero-order valence-electron chi connectivity index (χ0n) is 20.1. The average Bonchev–Trinajstić information content (AvgIpc) is 3.41. The van der Waals surface area contributed by atoms with E-state index in [9.17, 15) is 9.18 Å². The summed E-state index contributed by atoms with van der Waals surface area (Å²) in [5, 5.41) is 4.18. The summed E-state index contributed by atoms with van der Waals surface area (Å²) in [4.78, 5) is 18.4. The van der Waals surface area contributed by atoms with Crippen molar-refractivity contribution in [1.29, 1.82) is 0 Å². The number of nitrogens with one attached hydrogen (secondary N) is 1. The molecule has 3 aromatic rings. The number of carbonyl (C=O) groups is 1. The molecule has 7 heteroatoms. The lowest BCUT2D eigenvalue weighted by molar-refractivity contribution is 0.181. The summed E-state index contributed by atoms with van der Waals surface area (Å²) in [5.74, 6) is 0.276. The van der Waals surface area contributed by atoms with Gasteiger partial charge in [-0.3, -0.25) is 0 Å². The van der Waals surface area contributed by atoms with Gasteiger partial charge in [0.1, 0.15) is 5.82 Å². The minimum Gasteiger partial charge on any atom is -0.336 e. The Balaban J connectivity index is 1.37. The molecule has 34 heavy (non-hydrogen) atoms. The van der Waals surface area contributed by atoms with E-state index in [1.807, 2.05) is 17.0 Å². The number of urea groups is 1. The summed E-state index contributed by atoms with van der Waals surface area (Å²) in [5.41, 5.74) is 4.85. The summed E-state index contributed by atoms with van der Waals surface area (Å²) in [7, 11) is 4.19. The Hall–Kier alpha value is -2.90. The van der Waals surface area contributed by atoms with Gasteiger partial charge in [0, 0.05) is 50.0 Å². The Kier molecular flexibility index (Phi) is 6.57. The fourth-order valence-electron chi connectivity index (χ4n) is 5.36. The predicted octanol–water partition coefficient (Wildman–Crippen LogP) is 4.04. The lowest BCUT2D eigenvalue weighted by Gasteiger charge is -2.32. The van der Waals surface area contributed by atoms with Gasteiger partial charge in [-0.1, -0.05) is 6.07 Å². The van der Waals surface area contributed by atoms with E-state index >= 15 is 0 Å². The number of likely N-dealkylation sites (tertiary alicyclic amines) is 1. The first-order chi connectivity index (χ1) is 16.5. The van der Waals surface area contributed by atoms with E-state index in [0.29, 0.717) is 5.92 Å². The van der Waals surface area contributed by atoms with Gasteiger partial charge in [0.15, 0.2) is 0 Å². The molecule has 2 aliphatic rings. The number of hydrogen-bond donors (Lipinski definition) is 1. The molecule has 3 heterocycles. The lowest BCUT2D eigenvalue weighted by Crippen LogP contribution is -2.40. The molecule has 1 N–H and O–H groups in total. The standard InChI is InChI=1S/C27H34FN5O/c1-30(2)18-20-3-8-26-24(17-20)25(19-33(26)23-6-4-22(28)5-7-23)21-9-12-31(13-10-21)15-16-32-14-11-29-27(32)34/h3-8,17,19,21H,9-16,18H2,1-2H3,(H,29,34). The molecule has 0 atom stereocenters. The van der Waals surface area contributed by atoms with Crippen molar-refractivity contribution in [1.82, 2.24) is 24.6 Å². The van der Waals surface area contributed by atoms with Crippen LogP contribution in [-0.2, 0) is 6.54 Å². The molecule has 2 amide bonds. The van der Waals surface area contributed by atoms with Gasteiger partial charge in [0.05, 0.1) is 5.52 Å². The summed E-state index contributed by atoms with van der Waals surface area (Å²) in [6.45, 7) is 6.29. The molecule has 180 valence electrons. The van der Waals surface area contributed by atoms with Crippen molar-refractivity contribution in [3.05, 3.63) is 65.6 Å². The van der Waals surface area contributed by atoms with Crippen molar-refractivity contribution in [3.63, 3.8) is 0 Å². The van der Waals surface area contributed by atoms with Gasteiger partial charge in [-0.25, -0.2) is 9.18 Å². The van der Waals surface area contributed by atoms with Crippen molar-refractivity contribution in [2.45, 2.75) is 25.3 Å². The largest absolute Gasteiger partial charge is 0.336 e. The molecule has 0 bridgehead atoms. The van der Waals surface area contributed by atoms with Gasteiger partial charge in [0.2, 0.25) is 0 Å². The molecular formula is C27H34FN5O. The number of fused-ring (bicyclic) bond motifs is 1. The molecule has 2 aromatic carbocycles. The number of nitrogens with zero attached hydrogens (tertiary/aromatic N) is 4. The molecule has 0 unspecified atom stereocenters. The van der Waals surface area contributed by atoms with Gasteiger partial charge in [-0.2, -0.15) is 0 Å². The third kappa shape index (κ3) is 4.81. The molecule has 2 fully saturated rings. The van der Waals surface area contributed by atoms with Crippen molar-refractivity contribution in [2.24, 2.45) is 0 Å². The second kappa shape index (κ2) is 9.76.